The van der Waals surface area contributed by atoms with Crippen LogP contribution in [0.1, 0.15) is 45.9 Å². The summed E-state index contributed by atoms with van der Waals surface area (Å²) in [5.41, 5.74) is 7.08. The number of benzene rings is 1. The van der Waals surface area contributed by atoms with Crippen molar-refractivity contribution in [2.75, 3.05) is 13.1 Å². The standard InChI is InChI=1S/C20H29N3O2.ClH/c1-13(17-11-15-7-5-6-8-16(15)25-17)22-19(24)14(2)23-10-9-18(21)20(3,4)12-23;/h5-8,11,13-14,18H,9-10,12,21H2,1-4H3,(H,22,24);1H. The van der Waals surface area contributed by atoms with E-state index in [1.165, 1.54) is 0 Å². The van der Waals surface area contributed by atoms with Crippen LogP contribution < -0.4 is 11.1 Å². The number of nitrogens with zero attached hydrogens (tertiary/aromatic N) is 1. The van der Waals surface area contributed by atoms with Crippen molar-refractivity contribution < 1.29 is 9.21 Å². The van der Waals surface area contributed by atoms with Crippen LogP contribution in [-0.4, -0.2) is 36.0 Å². The monoisotopic (exact) mass is 379 g/mol. The summed E-state index contributed by atoms with van der Waals surface area (Å²) in [4.78, 5) is 14.9. The van der Waals surface area contributed by atoms with Crippen LogP contribution in [0, 0.1) is 5.41 Å². The number of carbonyl (C=O) groups excluding carboxylic acids is 1. The molecule has 1 amide bonds. The first-order chi connectivity index (χ1) is 11.8. The van der Waals surface area contributed by atoms with E-state index in [4.69, 9.17) is 10.2 Å². The van der Waals surface area contributed by atoms with Crippen LogP contribution in [0.15, 0.2) is 34.7 Å². The lowest BCUT2D eigenvalue weighted by atomic mass is 9.79. The molecule has 0 aliphatic carbocycles. The van der Waals surface area contributed by atoms with E-state index in [-0.39, 0.29) is 41.9 Å². The van der Waals surface area contributed by atoms with Crippen molar-refractivity contribution in [2.45, 2.75) is 52.2 Å². The molecule has 1 aliphatic rings. The molecule has 1 aliphatic heterocycles. The van der Waals surface area contributed by atoms with Gasteiger partial charge in [0.25, 0.3) is 0 Å². The zero-order chi connectivity index (χ0) is 18.2. The molecule has 2 aromatic rings. The Labute approximate surface area is 161 Å². The highest BCUT2D eigenvalue weighted by Gasteiger charge is 2.36. The molecule has 3 atom stereocenters. The highest BCUT2D eigenvalue weighted by atomic mass is 35.5. The molecular weight excluding hydrogens is 350 g/mol. The Balaban J connectivity index is 0.00000243. The van der Waals surface area contributed by atoms with Crippen LogP contribution in [-0.2, 0) is 4.79 Å². The van der Waals surface area contributed by atoms with Crippen LogP contribution in [0.3, 0.4) is 0 Å². The first kappa shape index (κ1) is 20.7. The van der Waals surface area contributed by atoms with Crippen LogP contribution in [0.25, 0.3) is 11.0 Å². The van der Waals surface area contributed by atoms with Gasteiger partial charge in [-0.1, -0.05) is 32.0 Å². The Kier molecular flexibility index (Phi) is 6.37. The Morgan fingerprint density at radius 2 is 2.04 bits per heavy atom. The van der Waals surface area contributed by atoms with Crippen molar-refractivity contribution in [3.8, 4) is 0 Å². The number of piperidine rings is 1. The molecule has 3 unspecified atom stereocenters. The molecule has 0 bridgehead atoms. The van der Waals surface area contributed by atoms with Gasteiger partial charge in [-0.25, -0.2) is 0 Å². The number of hydrogen-bond donors (Lipinski definition) is 2. The number of nitrogens with one attached hydrogen (secondary N) is 1. The number of fused-ring (bicyclic) bond motifs is 1. The van der Waals surface area contributed by atoms with E-state index < -0.39 is 0 Å². The van der Waals surface area contributed by atoms with Crippen molar-refractivity contribution in [1.29, 1.82) is 0 Å². The summed E-state index contributed by atoms with van der Waals surface area (Å²) in [6.07, 6.45) is 0.920. The average molecular weight is 380 g/mol. The first-order valence-corrected chi connectivity index (χ1v) is 9.06. The third kappa shape index (κ3) is 4.22. The normalized spacial score (nSPS) is 22.4. The Bertz CT molecular complexity index is 725. The predicted octanol–water partition coefficient (Wildman–Crippen LogP) is 3.48. The molecule has 0 spiro atoms. The van der Waals surface area contributed by atoms with Crippen LogP contribution in [0.2, 0.25) is 0 Å². The van der Waals surface area contributed by atoms with Crippen LogP contribution >= 0.6 is 12.4 Å². The number of amides is 1. The molecule has 1 saturated heterocycles. The zero-order valence-electron chi connectivity index (χ0n) is 16.0. The van der Waals surface area contributed by atoms with Gasteiger partial charge < -0.3 is 15.5 Å². The van der Waals surface area contributed by atoms with Gasteiger partial charge in [0.1, 0.15) is 11.3 Å². The largest absolute Gasteiger partial charge is 0.459 e. The fraction of sp³-hybridized carbons (Fsp3) is 0.550. The van der Waals surface area contributed by atoms with Gasteiger partial charge in [-0.3, -0.25) is 9.69 Å². The van der Waals surface area contributed by atoms with Crippen molar-refractivity contribution in [3.05, 3.63) is 36.1 Å². The minimum Gasteiger partial charge on any atom is -0.459 e. The quantitative estimate of drug-likeness (QED) is 0.853. The van der Waals surface area contributed by atoms with Gasteiger partial charge in [-0.2, -0.15) is 0 Å². The highest BCUT2D eigenvalue weighted by Crippen LogP contribution is 2.29. The number of rotatable bonds is 4. The Morgan fingerprint density at radius 1 is 1.35 bits per heavy atom. The van der Waals surface area contributed by atoms with Gasteiger partial charge >= 0.3 is 0 Å². The lowest BCUT2D eigenvalue weighted by Crippen LogP contribution is -2.57. The van der Waals surface area contributed by atoms with Gasteiger partial charge in [0.05, 0.1) is 12.1 Å². The van der Waals surface area contributed by atoms with Crippen molar-refractivity contribution >= 4 is 29.3 Å². The molecule has 26 heavy (non-hydrogen) atoms. The number of likely N-dealkylation sites (tertiary alicyclic amines) is 1. The topological polar surface area (TPSA) is 71.5 Å². The van der Waals surface area contributed by atoms with Crippen LogP contribution in [0.4, 0.5) is 0 Å². The zero-order valence-corrected chi connectivity index (χ0v) is 16.8. The van der Waals surface area contributed by atoms with Gasteiger partial charge in [0.15, 0.2) is 0 Å². The second kappa shape index (κ2) is 7.99. The van der Waals surface area contributed by atoms with Gasteiger partial charge in [-0.15, -0.1) is 12.4 Å². The number of halogens is 1. The second-order valence-corrected chi connectivity index (χ2v) is 7.95. The smallest absolute Gasteiger partial charge is 0.237 e. The minimum absolute atomic E-state index is 0. The maximum absolute atomic E-state index is 12.7. The molecule has 1 fully saturated rings. The fourth-order valence-corrected chi connectivity index (χ4v) is 3.53. The van der Waals surface area contributed by atoms with E-state index in [1.807, 2.05) is 44.2 Å². The van der Waals surface area contributed by atoms with Crippen molar-refractivity contribution in [2.24, 2.45) is 11.1 Å². The van der Waals surface area contributed by atoms with Crippen molar-refractivity contribution in [3.63, 3.8) is 0 Å². The van der Waals surface area contributed by atoms with Gasteiger partial charge in [0, 0.05) is 24.5 Å². The van der Waals surface area contributed by atoms with E-state index in [0.29, 0.717) is 0 Å². The second-order valence-electron chi connectivity index (χ2n) is 7.95. The summed E-state index contributed by atoms with van der Waals surface area (Å²) in [6, 6.07) is 9.72. The lowest BCUT2D eigenvalue weighted by molar-refractivity contribution is -0.128. The Morgan fingerprint density at radius 3 is 2.69 bits per heavy atom. The first-order valence-electron chi connectivity index (χ1n) is 9.06. The highest BCUT2D eigenvalue weighted by molar-refractivity contribution is 5.85. The molecule has 2 heterocycles. The fourth-order valence-electron chi connectivity index (χ4n) is 3.53. The van der Waals surface area contributed by atoms with E-state index in [1.54, 1.807) is 0 Å². The van der Waals surface area contributed by atoms with E-state index in [9.17, 15) is 4.79 Å². The predicted molar refractivity (Wildman–Crippen MR) is 107 cm³/mol. The minimum atomic E-state index is -0.182. The number of furan rings is 1. The van der Waals surface area contributed by atoms with E-state index in [0.717, 1.165) is 36.2 Å². The molecule has 1 aromatic carbocycles. The van der Waals surface area contributed by atoms with Gasteiger partial charge in [0.2, 0.25) is 5.91 Å². The summed E-state index contributed by atoms with van der Waals surface area (Å²) in [7, 11) is 0. The van der Waals surface area contributed by atoms with E-state index >= 15 is 0 Å². The summed E-state index contributed by atoms with van der Waals surface area (Å²) in [5, 5.41) is 4.14. The number of nitrogens with two attached hydrogens (primary N) is 1. The average Bonchev–Trinajstić information content (AvgIpc) is 3.00. The third-order valence-corrected chi connectivity index (χ3v) is 5.50. The molecule has 0 saturated carbocycles. The SMILES string of the molecule is CC(NC(=O)C(C)N1CCC(N)C(C)(C)C1)c1cc2ccccc2o1.Cl. The summed E-state index contributed by atoms with van der Waals surface area (Å²) in [6.45, 7) is 9.96. The third-order valence-electron chi connectivity index (χ3n) is 5.50. The maximum Gasteiger partial charge on any atom is 0.237 e. The summed E-state index contributed by atoms with van der Waals surface area (Å²) >= 11 is 0. The molecule has 5 nitrogen and oxygen atoms in total. The lowest BCUT2D eigenvalue weighted by Gasteiger charge is -2.44. The molecule has 144 valence electrons. The summed E-state index contributed by atoms with van der Waals surface area (Å²) in [5.74, 6) is 0.807. The van der Waals surface area contributed by atoms with Crippen LogP contribution in [0.5, 0.6) is 0 Å². The molecule has 0 radical (unpaired) electrons. The number of para-hydroxylation sites is 1. The van der Waals surface area contributed by atoms with Crippen molar-refractivity contribution in [1.82, 2.24) is 10.2 Å². The van der Waals surface area contributed by atoms with Gasteiger partial charge in [-0.05, 0) is 37.8 Å². The van der Waals surface area contributed by atoms with E-state index in [2.05, 4.69) is 24.1 Å². The molecule has 3 N–H and O–H groups in total. The number of hydrogen-bond acceptors (Lipinski definition) is 4. The molecule has 1 aromatic heterocycles. The molecule has 6 heteroatoms. The molecular formula is C20H30ClN3O2. The molecule has 3 rings (SSSR count). The Hall–Kier alpha value is -1.56. The maximum atomic E-state index is 12.7. The summed E-state index contributed by atoms with van der Waals surface area (Å²) < 4.78 is 5.86. The number of carbonyl (C=O) groups is 1.